The molecule has 1 aliphatic rings. The highest BCUT2D eigenvalue weighted by Crippen LogP contribution is 2.36. The first-order valence-corrected chi connectivity index (χ1v) is 6.57. The molecule has 0 aliphatic heterocycles. The van der Waals surface area contributed by atoms with Gasteiger partial charge in [-0.15, -0.1) is 0 Å². The molecule has 94 valence electrons. The first-order chi connectivity index (χ1) is 8.11. The lowest BCUT2D eigenvalue weighted by atomic mass is 9.89. The quantitative estimate of drug-likeness (QED) is 0.821. The molecule has 2 heteroatoms. The number of aryl methyl sites for hydroxylation is 2. The summed E-state index contributed by atoms with van der Waals surface area (Å²) in [6.45, 7) is 4.74. The van der Waals surface area contributed by atoms with Crippen molar-refractivity contribution in [2.24, 2.45) is 11.7 Å². The van der Waals surface area contributed by atoms with E-state index in [1.54, 1.807) is 0 Å². The highest BCUT2D eigenvalue weighted by atomic mass is 16.3. The standard InChI is InChI=1S/C15H23NO/c1-10-3-6-13(7-11(10)2)14(9-16)15(17)8-12-4-5-12/h3,6-7,12,14-15,17H,4-5,8-9,16H2,1-2H3. The highest BCUT2D eigenvalue weighted by molar-refractivity contribution is 5.32. The topological polar surface area (TPSA) is 46.2 Å². The van der Waals surface area contributed by atoms with Crippen LogP contribution in [0, 0.1) is 19.8 Å². The number of hydrogen-bond acceptors (Lipinski definition) is 2. The van der Waals surface area contributed by atoms with Gasteiger partial charge in [0.15, 0.2) is 0 Å². The molecule has 2 nitrogen and oxygen atoms in total. The molecule has 0 saturated heterocycles. The average molecular weight is 233 g/mol. The van der Waals surface area contributed by atoms with Crippen LogP contribution >= 0.6 is 0 Å². The first-order valence-electron chi connectivity index (χ1n) is 6.57. The van der Waals surface area contributed by atoms with Crippen molar-refractivity contribution in [2.75, 3.05) is 6.54 Å². The van der Waals surface area contributed by atoms with E-state index in [4.69, 9.17) is 5.73 Å². The van der Waals surface area contributed by atoms with Crippen LogP contribution in [0.4, 0.5) is 0 Å². The summed E-state index contributed by atoms with van der Waals surface area (Å²) < 4.78 is 0. The maximum absolute atomic E-state index is 10.3. The van der Waals surface area contributed by atoms with E-state index in [0.717, 1.165) is 12.3 Å². The second kappa shape index (κ2) is 5.19. The molecule has 1 aromatic carbocycles. The molecule has 1 fully saturated rings. The fourth-order valence-electron chi connectivity index (χ4n) is 2.37. The molecule has 0 radical (unpaired) electrons. The van der Waals surface area contributed by atoms with E-state index >= 15 is 0 Å². The second-order valence-electron chi connectivity index (χ2n) is 5.43. The molecule has 3 N–H and O–H groups in total. The van der Waals surface area contributed by atoms with Gasteiger partial charge in [-0.1, -0.05) is 31.0 Å². The van der Waals surface area contributed by atoms with Gasteiger partial charge in [0.25, 0.3) is 0 Å². The van der Waals surface area contributed by atoms with Crippen LogP contribution in [-0.2, 0) is 0 Å². The minimum absolute atomic E-state index is 0.0925. The molecule has 0 heterocycles. The third-order valence-corrected chi connectivity index (χ3v) is 3.95. The predicted octanol–water partition coefficient (Wildman–Crippen LogP) is 2.51. The summed E-state index contributed by atoms with van der Waals surface area (Å²) in [5, 5.41) is 10.3. The molecule has 0 spiro atoms. The van der Waals surface area contributed by atoms with Crippen molar-refractivity contribution in [2.45, 2.75) is 45.1 Å². The van der Waals surface area contributed by atoms with E-state index in [1.807, 2.05) is 0 Å². The van der Waals surface area contributed by atoms with Crippen LogP contribution < -0.4 is 5.73 Å². The third kappa shape index (κ3) is 3.08. The fraction of sp³-hybridized carbons (Fsp3) is 0.600. The van der Waals surface area contributed by atoms with Crippen LogP contribution in [0.25, 0.3) is 0 Å². The van der Waals surface area contributed by atoms with E-state index in [-0.39, 0.29) is 12.0 Å². The van der Waals surface area contributed by atoms with Gasteiger partial charge < -0.3 is 10.8 Å². The Balaban J connectivity index is 2.12. The molecule has 0 aromatic heterocycles. The van der Waals surface area contributed by atoms with Crippen molar-refractivity contribution in [3.63, 3.8) is 0 Å². The van der Waals surface area contributed by atoms with Gasteiger partial charge in [0, 0.05) is 12.5 Å². The number of aliphatic hydroxyl groups is 1. The van der Waals surface area contributed by atoms with Gasteiger partial charge in [-0.2, -0.15) is 0 Å². The predicted molar refractivity (Wildman–Crippen MR) is 71.1 cm³/mol. The van der Waals surface area contributed by atoms with Crippen molar-refractivity contribution >= 4 is 0 Å². The molecule has 0 amide bonds. The van der Waals surface area contributed by atoms with Gasteiger partial charge in [-0.25, -0.2) is 0 Å². The van der Waals surface area contributed by atoms with Gasteiger partial charge in [-0.3, -0.25) is 0 Å². The minimum atomic E-state index is -0.283. The summed E-state index contributed by atoms with van der Waals surface area (Å²) in [4.78, 5) is 0. The molecule has 1 aliphatic carbocycles. The number of aliphatic hydroxyl groups excluding tert-OH is 1. The zero-order valence-electron chi connectivity index (χ0n) is 10.8. The lowest BCUT2D eigenvalue weighted by Gasteiger charge is -2.22. The minimum Gasteiger partial charge on any atom is -0.392 e. The smallest absolute Gasteiger partial charge is 0.0623 e. The number of benzene rings is 1. The van der Waals surface area contributed by atoms with Crippen LogP contribution in [-0.4, -0.2) is 17.8 Å². The second-order valence-corrected chi connectivity index (χ2v) is 5.43. The summed E-state index contributed by atoms with van der Waals surface area (Å²) in [5.74, 6) is 0.834. The van der Waals surface area contributed by atoms with Crippen LogP contribution in [0.1, 0.15) is 41.9 Å². The van der Waals surface area contributed by atoms with E-state index in [1.165, 1.54) is 29.5 Å². The zero-order valence-corrected chi connectivity index (χ0v) is 10.8. The molecular weight excluding hydrogens is 210 g/mol. The fourth-order valence-corrected chi connectivity index (χ4v) is 2.37. The lowest BCUT2D eigenvalue weighted by Crippen LogP contribution is -2.26. The van der Waals surface area contributed by atoms with E-state index in [9.17, 15) is 5.11 Å². The monoisotopic (exact) mass is 233 g/mol. The summed E-state index contributed by atoms with van der Waals surface area (Å²) in [5.41, 5.74) is 9.58. The van der Waals surface area contributed by atoms with Gasteiger partial charge in [0.2, 0.25) is 0 Å². The summed E-state index contributed by atoms with van der Waals surface area (Å²) in [6, 6.07) is 6.40. The normalized spacial score (nSPS) is 19.1. The van der Waals surface area contributed by atoms with Crippen LogP contribution in [0.2, 0.25) is 0 Å². The molecule has 0 bridgehead atoms. The van der Waals surface area contributed by atoms with Crippen LogP contribution in [0.15, 0.2) is 18.2 Å². The van der Waals surface area contributed by atoms with Crippen LogP contribution in [0.5, 0.6) is 0 Å². The summed E-state index contributed by atoms with van der Waals surface area (Å²) in [6.07, 6.45) is 3.19. The van der Waals surface area contributed by atoms with Crippen molar-refractivity contribution in [1.29, 1.82) is 0 Å². The Hall–Kier alpha value is -0.860. The van der Waals surface area contributed by atoms with Gasteiger partial charge in [0.1, 0.15) is 0 Å². The Morgan fingerprint density at radius 3 is 2.53 bits per heavy atom. The Kier molecular flexibility index (Phi) is 3.85. The summed E-state index contributed by atoms with van der Waals surface area (Å²) in [7, 11) is 0. The van der Waals surface area contributed by atoms with Gasteiger partial charge in [-0.05, 0) is 42.9 Å². The van der Waals surface area contributed by atoms with E-state index < -0.39 is 0 Å². The Labute approximate surface area is 104 Å². The largest absolute Gasteiger partial charge is 0.392 e. The number of rotatable bonds is 5. The average Bonchev–Trinajstić information content (AvgIpc) is 3.08. The van der Waals surface area contributed by atoms with Gasteiger partial charge in [0.05, 0.1) is 6.10 Å². The van der Waals surface area contributed by atoms with Crippen LogP contribution in [0.3, 0.4) is 0 Å². The van der Waals surface area contributed by atoms with E-state index in [2.05, 4.69) is 32.0 Å². The summed E-state index contributed by atoms with van der Waals surface area (Å²) >= 11 is 0. The Morgan fingerprint density at radius 1 is 1.29 bits per heavy atom. The number of hydrogen-bond donors (Lipinski definition) is 2. The van der Waals surface area contributed by atoms with Crippen molar-refractivity contribution in [3.05, 3.63) is 34.9 Å². The molecule has 1 aromatic rings. The third-order valence-electron chi connectivity index (χ3n) is 3.95. The van der Waals surface area contributed by atoms with Gasteiger partial charge >= 0.3 is 0 Å². The van der Waals surface area contributed by atoms with Crippen molar-refractivity contribution < 1.29 is 5.11 Å². The van der Waals surface area contributed by atoms with Crippen molar-refractivity contribution in [3.8, 4) is 0 Å². The molecule has 2 rings (SSSR count). The molecule has 2 atom stereocenters. The first kappa shape index (κ1) is 12.6. The Morgan fingerprint density at radius 2 is 2.00 bits per heavy atom. The molecule has 1 saturated carbocycles. The van der Waals surface area contributed by atoms with Crippen molar-refractivity contribution in [1.82, 2.24) is 0 Å². The Bertz CT molecular complexity index is 385. The number of nitrogens with two attached hydrogens (primary N) is 1. The molecule has 17 heavy (non-hydrogen) atoms. The SMILES string of the molecule is Cc1ccc(C(CN)C(O)CC2CC2)cc1C. The molecule has 2 unspecified atom stereocenters. The maximum atomic E-state index is 10.3. The maximum Gasteiger partial charge on any atom is 0.0623 e. The zero-order chi connectivity index (χ0) is 12.4. The highest BCUT2D eigenvalue weighted by Gasteiger charge is 2.29. The lowest BCUT2D eigenvalue weighted by molar-refractivity contribution is 0.129. The molecular formula is C15H23NO. The van der Waals surface area contributed by atoms with E-state index in [0.29, 0.717) is 6.54 Å².